The zero-order valence-corrected chi connectivity index (χ0v) is 12.2. The lowest BCUT2D eigenvalue weighted by atomic mass is 9.91. The normalized spacial score (nSPS) is 24.5. The first kappa shape index (κ1) is 14.3. The van der Waals surface area contributed by atoms with Crippen LogP contribution >= 0.6 is 0 Å². The summed E-state index contributed by atoms with van der Waals surface area (Å²) < 4.78 is 0. The van der Waals surface area contributed by atoms with Gasteiger partial charge in [0.25, 0.3) is 0 Å². The van der Waals surface area contributed by atoms with Crippen molar-refractivity contribution in [2.45, 2.75) is 52.0 Å². The van der Waals surface area contributed by atoms with Crippen molar-refractivity contribution in [3.63, 3.8) is 0 Å². The summed E-state index contributed by atoms with van der Waals surface area (Å²) in [6.07, 6.45) is 9.96. The van der Waals surface area contributed by atoms with E-state index >= 15 is 0 Å². The van der Waals surface area contributed by atoms with Crippen LogP contribution in [0.4, 0.5) is 5.69 Å². The maximum absolute atomic E-state index is 6.06. The number of hydrogen-bond acceptors (Lipinski definition) is 3. The van der Waals surface area contributed by atoms with E-state index in [1.165, 1.54) is 31.2 Å². The first-order valence-corrected chi connectivity index (χ1v) is 7.62. The predicted molar refractivity (Wildman–Crippen MR) is 80.9 cm³/mol. The fraction of sp³-hybridized carbons (Fsp3) is 0.688. The molecule has 0 spiro atoms. The number of pyridine rings is 1. The second-order valence-electron chi connectivity index (χ2n) is 6.02. The van der Waals surface area contributed by atoms with Gasteiger partial charge >= 0.3 is 0 Å². The van der Waals surface area contributed by atoms with Gasteiger partial charge in [-0.1, -0.05) is 20.3 Å². The van der Waals surface area contributed by atoms with Crippen molar-refractivity contribution in [2.24, 2.45) is 11.8 Å². The third-order valence-corrected chi connectivity index (χ3v) is 4.34. The summed E-state index contributed by atoms with van der Waals surface area (Å²) in [5, 5.41) is 3.72. The smallest absolute Gasteiger partial charge is 0.0378 e. The van der Waals surface area contributed by atoms with Gasteiger partial charge in [-0.2, -0.15) is 0 Å². The lowest BCUT2D eigenvalue weighted by Crippen LogP contribution is -2.38. The van der Waals surface area contributed by atoms with Crippen LogP contribution in [0.5, 0.6) is 0 Å². The van der Waals surface area contributed by atoms with Gasteiger partial charge in [0.2, 0.25) is 0 Å². The Morgan fingerprint density at radius 1 is 1.47 bits per heavy atom. The zero-order chi connectivity index (χ0) is 13.7. The molecule has 1 aliphatic rings. The van der Waals surface area contributed by atoms with Crippen molar-refractivity contribution in [3.05, 3.63) is 24.0 Å². The molecule has 1 aromatic rings. The van der Waals surface area contributed by atoms with Crippen molar-refractivity contribution >= 4 is 5.69 Å². The molecule has 0 aromatic carbocycles. The van der Waals surface area contributed by atoms with Gasteiger partial charge in [-0.3, -0.25) is 4.98 Å². The Morgan fingerprint density at radius 2 is 2.32 bits per heavy atom. The topological polar surface area (TPSA) is 50.9 Å². The largest absolute Gasteiger partial charge is 0.398 e. The molecule has 1 saturated carbocycles. The van der Waals surface area contributed by atoms with Crippen LogP contribution < -0.4 is 11.1 Å². The van der Waals surface area contributed by atoms with Crippen LogP contribution in [0.1, 0.15) is 45.1 Å². The lowest BCUT2D eigenvalue weighted by molar-refractivity contribution is 0.348. The molecule has 1 aromatic heterocycles. The third kappa shape index (κ3) is 3.93. The molecule has 3 atom stereocenters. The van der Waals surface area contributed by atoms with Gasteiger partial charge in [0.15, 0.2) is 0 Å². The number of nitrogen functional groups attached to an aromatic ring is 1. The van der Waals surface area contributed by atoms with Gasteiger partial charge in [-0.15, -0.1) is 0 Å². The molecule has 3 heteroatoms. The van der Waals surface area contributed by atoms with Crippen molar-refractivity contribution in [2.75, 3.05) is 12.3 Å². The molecule has 1 fully saturated rings. The van der Waals surface area contributed by atoms with Crippen molar-refractivity contribution < 1.29 is 0 Å². The first-order chi connectivity index (χ1) is 9.20. The third-order valence-electron chi connectivity index (χ3n) is 4.34. The van der Waals surface area contributed by atoms with E-state index in [9.17, 15) is 0 Å². The van der Waals surface area contributed by atoms with Crippen molar-refractivity contribution in [1.82, 2.24) is 10.3 Å². The second-order valence-corrected chi connectivity index (χ2v) is 6.02. The fourth-order valence-corrected chi connectivity index (χ4v) is 3.20. The van der Waals surface area contributed by atoms with Crippen molar-refractivity contribution in [1.29, 1.82) is 0 Å². The fourth-order valence-electron chi connectivity index (χ4n) is 3.20. The van der Waals surface area contributed by atoms with Crippen LogP contribution in [0.2, 0.25) is 0 Å². The Morgan fingerprint density at radius 3 is 2.95 bits per heavy atom. The van der Waals surface area contributed by atoms with Gasteiger partial charge in [0.05, 0.1) is 0 Å². The van der Waals surface area contributed by atoms with Gasteiger partial charge in [0.1, 0.15) is 0 Å². The minimum absolute atomic E-state index is 0.552. The first-order valence-electron chi connectivity index (χ1n) is 7.62. The summed E-state index contributed by atoms with van der Waals surface area (Å²) in [7, 11) is 0. The van der Waals surface area contributed by atoms with E-state index < -0.39 is 0 Å². The van der Waals surface area contributed by atoms with E-state index in [4.69, 9.17) is 5.73 Å². The number of hydrogen-bond donors (Lipinski definition) is 2. The average molecular weight is 261 g/mol. The molecule has 0 bridgehead atoms. The van der Waals surface area contributed by atoms with E-state index in [1.807, 2.05) is 12.3 Å². The summed E-state index contributed by atoms with van der Waals surface area (Å²) in [5.74, 6) is 1.67. The van der Waals surface area contributed by atoms with Crippen LogP contribution in [0, 0.1) is 11.8 Å². The maximum Gasteiger partial charge on any atom is 0.0378 e. The van der Waals surface area contributed by atoms with Gasteiger partial charge < -0.3 is 11.1 Å². The Balaban J connectivity index is 2.03. The number of nitrogens with zero attached hydrogens (tertiary/aromatic N) is 1. The van der Waals surface area contributed by atoms with Crippen LogP contribution in [-0.2, 0) is 6.42 Å². The minimum atomic E-state index is 0.552. The summed E-state index contributed by atoms with van der Waals surface area (Å²) in [4.78, 5) is 4.21. The summed E-state index contributed by atoms with van der Waals surface area (Å²) >= 11 is 0. The zero-order valence-electron chi connectivity index (χ0n) is 12.2. The Kier molecular flexibility index (Phi) is 5.20. The number of nitrogens with two attached hydrogens (primary N) is 1. The highest BCUT2D eigenvalue weighted by atomic mass is 14.9. The SMILES string of the molecule is CCCNC(Cc1cnccc1N)C1CCC(C)C1. The van der Waals surface area contributed by atoms with Crippen LogP contribution in [0.25, 0.3) is 0 Å². The molecule has 1 aliphatic carbocycles. The van der Waals surface area contributed by atoms with E-state index in [0.29, 0.717) is 6.04 Å². The number of aromatic nitrogens is 1. The standard InChI is InChI=1S/C16H27N3/c1-3-7-19-16(13-5-4-12(2)9-13)10-14-11-18-8-6-15(14)17/h6,8,11-13,16,19H,3-5,7,9-10H2,1-2H3,(H2,17,18). The number of rotatable bonds is 6. The van der Waals surface area contributed by atoms with E-state index in [0.717, 1.165) is 30.5 Å². The highest BCUT2D eigenvalue weighted by Gasteiger charge is 2.28. The van der Waals surface area contributed by atoms with Crippen LogP contribution in [0.15, 0.2) is 18.5 Å². The maximum atomic E-state index is 6.06. The molecule has 3 unspecified atom stereocenters. The summed E-state index contributed by atoms with van der Waals surface area (Å²) in [6.45, 7) is 5.69. The molecule has 2 rings (SSSR count). The van der Waals surface area contributed by atoms with E-state index in [1.54, 1.807) is 6.20 Å². The lowest BCUT2D eigenvalue weighted by Gasteiger charge is -2.25. The molecular weight excluding hydrogens is 234 g/mol. The molecule has 106 valence electrons. The van der Waals surface area contributed by atoms with Gasteiger partial charge in [-0.25, -0.2) is 0 Å². The van der Waals surface area contributed by atoms with E-state index in [2.05, 4.69) is 24.1 Å². The Hall–Kier alpha value is -1.09. The monoisotopic (exact) mass is 261 g/mol. The highest BCUT2D eigenvalue weighted by molar-refractivity contribution is 5.44. The summed E-state index contributed by atoms with van der Waals surface area (Å²) in [6, 6.07) is 2.46. The molecule has 0 radical (unpaired) electrons. The molecule has 0 saturated heterocycles. The number of anilines is 1. The quantitative estimate of drug-likeness (QED) is 0.827. The Labute approximate surface area is 117 Å². The molecule has 19 heavy (non-hydrogen) atoms. The van der Waals surface area contributed by atoms with Crippen LogP contribution in [-0.4, -0.2) is 17.6 Å². The molecule has 3 nitrogen and oxygen atoms in total. The minimum Gasteiger partial charge on any atom is -0.398 e. The highest BCUT2D eigenvalue weighted by Crippen LogP contribution is 2.34. The molecule has 0 aliphatic heterocycles. The molecule has 1 heterocycles. The molecule has 3 N–H and O–H groups in total. The number of nitrogens with one attached hydrogen (secondary N) is 1. The van der Waals surface area contributed by atoms with Crippen molar-refractivity contribution in [3.8, 4) is 0 Å². The molecular formula is C16H27N3. The summed E-state index contributed by atoms with van der Waals surface area (Å²) in [5.41, 5.74) is 8.13. The second kappa shape index (κ2) is 6.90. The van der Waals surface area contributed by atoms with Gasteiger partial charge in [0, 0.05) is 24.1 Å². The predicted octanol–water partition coefficient (Wildman–Crippen LogP) is 3.01. The van der Waals surface area contributed by atoms with Gasteiger partial charge in [-0.05, 0) is 55.7 Å². The molecule has 0 amide bonds. The van der Waals surface area contributed by atoms with Crippen LogP contribution in [0.3, 0.4) is 0 Å². The van der Waals surface area contributed by atoms with E-state index in [-0.39, 0.29) is 0 Å². The average Bonchev–Trinajstić information content (AvgIpc) is 2.83. The Bertz CT molecular complexity index is 391.